The van der Waals surface area contributed by atoms with Crippen LogP contribution in [0.1, 0.15) is 31.5 Å². The predicted molar refractivity (Wildman–Crippen MR) is 66.1 cm³/mol. The van der Waals surface area contributed by atoms with Gasteiger partial charge in [0.2, 0.25) is 5.88 Å². The maximum Gasteiger partial charge on any atom is 0.237 e. The highest BCUT2D eigenvalue weighted by Crippen LogP contribution is 2.25. The lowest BCUT2D eigenvalue weighted by Gasteiger charge is -2.25. The second-order valence-electron chi connectivity index (χ2n) is 3.78. The largest absolute Gasteiger partial charge is 0.480 e. The molecule has 0 bridgehead atoms. The Bertz CT molecular complexity index is 333. The third kappa shape index (κ3) is 3.38. The summed E-state index contributed by atoms with van der Waals surface area (Å²) in [5, 5.41) is 3.22. The lowest BCUT2D eigenvalue weighted by atomic mass is 10.0. The summed E-state index contributed by atoms with van der Waals surface area (Å²) >= 11 is 0. The topological polar surface area (TPSA) is 56.3 Å². The van der Waals surface area contributed by atoms with Gasteiger partial charge >= 0.3 is 0 Å². The van der Waals surface area contributed by atoms with E-state index in [1.807, 2.05) is 7.05 Å². The van der Waals surface area contributed by atoms with Gasteiger partial charge in [0.1, 0.15) is 5.69 Å². The Balaban J connectivity index is 2.98. The molecule has 0 fully saturated rings. The summed E-state index contributed by atoms with van der Waals surface area (Å²) in [7, 11) is 5.20. The zero-order valence-electron chi connectivity index (χ0n) is 10.9. The molecule has 0 spiro atoms. The van der Waals surface area contributed by atoms with E-state index in [-0.39, 0.29) is 12.1 Å². The van der Waals surface area contributed by atoms with Gasteiger partial charge in [-0.25, -0.2) is 4.98 Å². The SMILES string of the molecule is CCCC(OC)C(NC)c1nccnc1OC. The standard InChI is InChI=1S/C12H21N3O2/c1-5-6-9(16-3)10(13-2)11-12(17-4)15-8-7-14-11/h7-10,13H,5-6H2,1-4H3. The van der Waals surface area contributed by atoms with E-state index in [4.69, 9.17) is 9.47 Å². The average Bonchev–Trinajstić information content (AvgIpc) is 2.39. The fourth-order valence-corrected chi connectivity index (χ4v) is 1.91. The molecule has 1 N–H and O–H groups in total. The van der Waals surface area contributed by atoms with Crippen LogP contribution in [-0.2, 0) is 4.74 Å². The second-order valence-corrected chi connectivity index (χ2v) is 3.78. The summed E-state index contributed by atoms with van der Waals surface area (Å²) < 4.78 is 10.7. The number of nitrogens with zero attached hydrogens (tertiary/aromatic N) is 2. The molecule has 1 rings (SSSR count). The fourth-order valence-electron chi connectivity index (χ4n) is 1.91. The van der Waals surface area contributed by atoms with Gasteiger partial charge in [-0.15, -0.1) is 0 Å². The molecule has 0 saturated carbocycles. The van der Waals surface area contributed by atoms with Gasteiger partial charge in [0.05, 0.1) is 19.3 Å². The van der Waals surface area contributed by atoms with E-state index in [9.17, 15) is 0 Å². The first-order valence-electron chi connectivity index (χ1n) is 5.83. The van der Waals surface area contributed by atoms with Crippen molar-refractivity contribution in [3.63, 3.8) is 0 Å². The van der Waals surface area contributed by atoms with Crippen LogP contribution in [-0.4, -0.2) is 37.3 Å². The van der Waals surface area contributed by atoms with Gasteiger partial charge in [0.25, 0.3) is 0 Å². The maximum absolute atomic E-state index is 5.51. The molecule has 0 aromatic carbocycles. The van der Waals surface area contributed by atoms with Gasteiger partial charge in [0, 0.05) is 19.5 Å². The Labute approximate surface area is 103 Å². The lowest BCUT2D eigenvalue weighted by molar-refractivity contribution is 0.0607. The van der Waals surface area contributed by atoms with E-state index in [0.717, 1.165) is 18.5 Å². The number of nitrogens with one attached hydrogen (secondary N) is 1. The van der Waals surface area contributed by atoms with Crippen LogP contribution >= 0.6 is 0 Å². The summed E-state index contributed by atoms with van der Waals surface area (Å²) in [4.78, 5) is 8.50. The van der Waals surface area contributed by atoms with Gasteiger partial charge in [-0.05, 0) is 13.5 Å². The fraction of sp³-hybridized carbons (Fsp3) is 0.667. The zero-order valence-corrected chi connectivity index (χ0v) is 10.9. The minimum absolute atomic E-state index is 0.0106. The van der Waals surface area contributed by atoms with Gasteiger partial charge in [-0.2, -0.15) is 0 Å². The summed E-state index contributed by atoms with van der Waals surface area (Å²) in [5.74, 6) is 0.546. The van der Waals surface area contributed by atoms with Gasteiger partial charge in [0.15, 0.2) is 0 Å². The number of rotatable bonds is 7. The molecule has 96 valence electrons. The van der Waals surface area contributed by atoms with Crippen LogP contribution < -0.4 is 10.1 Å². The summed E-state index contributed by atoms with van der Waals surface area (Å²) in [6.07, 6.45) is 5.37. The lowest BCUT2D eigenvalue weighted by Crippen LogP contribution is -2.32. The van der Waals surface area contributed by atoms with Gasteiger partial charge in [-0.1, -0.05) is 13.3 Å². The third-order valence-corrected chi connectivity index (χ3v) is 2.74. The number of ether oxygens (including phenoxy) is 2. The third-order valence-electron chi connectivity index (χ3n) is 2.74. The zero-order chi connectivity index (χ0) is 12.7. The molecule has 17 heavy (non-hydrogen) atoms. The molecule has 2 atom stereocenters. The molecule has 5 nitrogen and oxygen atoms in total. The minimum atomic E-state index is -0.0106. The van der Waals surface area contributed by atoms with Crippen LogP contribution in [0.15, 0.2) is 12.4 Å². The minimum Gasteiger partial charge on any atom is -0.480 e. The highest BCUT2D eigenvalue weighted by atomic mass is 16.5. The molecule has 1 heterocycles. The molecule has 0 aliphatic heterocycles. The van der Waals surface area contributed by atoms with Crippen LogP contribution in [0.4, 0.5) is 0 Å². The molecule has 0 aliphatic carbocycles. The Morgan fingerprint density at radius 1 is 1.29 bits per heavy atom. The molecular formula is C12H21N3O2. The smallest absolute Gasteiger partial charge is 0.237 e. The molecule has 1 aromatic heterocycles. The Kier molecular flexibility index (Phi) is 5.86. The van der Waals surface area contributed by atoms with Crippen LogP contribution in [0.25, 0.3) is 0 Å². The monoisotopic (exact) mass is 239 g/mol. The highest BCUT2D eigenvalue weighted by molar-refractivity contribution is 5.22. The normalized spacial score (nSPS) is 14.4. The van der Waals surface area contributed by atoms with Crippen molar-refractivity contribution >= 4 is 0 Å². The predicted octanol–water partition coefficient (Wildman–Crippen LogP) is 1.56. The van der Waals surface area contributed by atoms with Crippen LogP contribution in [0.3, 0.4) is 0 Å². The van der Waals surface area contributed by atoms with E-state index < -0.39 is 0 Å². The van der Waals surface area contributed by atoms with Crippen molar-refractivity contribution in [2.24, 2.45) is 0 Å². The molecule has 2 unspecified atom stereocenters. The van der Waals surface area contributed by atoms with Gasteiger partial charge in [-0.3, -0.25) is 4.98 Å². The van der Waals surface area contributed by atoms with E-state index in [0.29, 0.717) is 5.88 Å². The molecule has 0 aliphatic rings. The van der Waals surface area contributed by atoms with Crippen molar-refractivity contribution in [2.75, 3.05) is 21.3 Å². The summed E-state index contributed by atoms with van der Waals surface area (Å²) in [6, 6.07) is -0.0106. The average molecular weight is 239 g/mol. The Hall–Kier alpha value is -1.20. The maximum atomic E-state index is 5.51. The first-order chi connectivity index (χ1) is 8.28. The first-order valence-corrected chi connectivity index (χ1v) is 5.83. The molecule has 0 saturated heterocycles. The number of hydrogen-bond donors (Lipinski definition) is 1. The van der Waals surface area contributed by atoms with Crippen LogP contribution in [0.5, 0.6) is 5.88 Å². The molecular weight excluding hydrogens is 218 g/mol. The van der Waals surface area contributed by atoms with Crippen molar-refractivity contribution < 1.29 is 9.47 Å². The van der Waals surface area contributed by atoms with Crippen LogP contribution in [0, 0.1) is 0 Å². The summed E-state index contributed by atoms with van der Waals surface area (Å²) in [5.41, 5.74) is 0.790. The van der Waals surface area contributed by atoms with Crippen molar-refractivity contribution in [3.8, 4) is 5.88 Å². The number of methoxy groups -OCH3 is 2. The molecule has 0 amide bonds. The van der Waals surface area contributed by atoms with E-state index in [2.05, 4.69) is 22.2 Å². The van der Waals surface area contributed by atoms with E-state index >= 15 is 0 Å². The van der Waals surface area contributed by atoms with E-state index in [1.54, 1.807) is 26.6 Å². The molecule has 1 aromatic rings. The van der Waals surface area contributed by atoms with Gasteiger partial charge < -0.3 is 14.8 Å². The van der Waals surface area contributed by atoms with Crippen LogP contribution in [0.2, 0.25) is 0 Å². The quantitative estimate of drug-likeness (QED) is 0.782. The molecule has 5 heteroatoms. The second kappa shape index (κ2) is 7.19. The van der Waals surface area contributed by atoms with Crippen molar-refractivity contribution in [3.05, 3.63) is 18.1 Å². The van der Waals surface area contributed by atoms with Crippen molar-refractivity contribution in [2.45, 2.75) is 31.9 Å². The highest BCUT2D eigenvalue weighted by Gasteiger charge is 2.25. The van der Waals surface area contributed by atoms with Crippen molar-refractivity contribution in [1.82, 2.24) is 15.3 Å². The summed E-state index contributed by atoms with van der Waals surface area (Å²) in [6.45, 7) is 2.13. The van der Waals surface area contributed by atoms with E-state index in [1.165, 1.54) is 0 Å². The Morgan fingerprint density at radius 3 is 2.53 bits per heavy atom. The number of aromatic nitrogens is 2. The number of hydrogen-bond acceptors (Lipinski definition) is 5. The first kappa shape index (κ1) is 13.9. The Morgan fingerprint density at radius 2 is 2.00 bits per heavy atom. The number of likely N-dealkylation sites (N-methyl/N-ethyl adjacent to an activating group) is 1. The molecule has 0 radical (unpaired) electrons. The van der Waals surface area contributed by atoms with Crippen molar-refractivity contribution in [1.29, 1.82) is 0 Å².